The fraction of sp³-hybridized carbons (Fsp3) is 0.434. The Balaban J connectivity index is 0.956. The first-order valence-corrected chi connectivity index (χ1v) is 22.8. The van der Waals surface area contributed by atoms with Crippen molar-refractivity contribution < 1.29 is 23.6 Å². The monoisotopic (exact) mass is 850 g/mol. The number of carbonyl (C=O) groups excluding carboxylic acids is 1. The van der Waals surface area contributed by atoms with Gasteiger partial charge < -0.3 is 24.4 Å². The third-order valence-electron chi connectivity index (χ3n) is 12.9. The van der Waals surface area contributed by atoms with Crippen LogP contribution in [0.5, 0.6) is 0 Å². The molecule has 2 aliphatic heterocycles. The van der Waals surface area contributed by atoms with Gasteiger partial charge in [-0.05, 0) is 108 Å². The second-order valence-electron chi connectivity index (χ2n) is 17.9. The van der Waals surface area contributed by atoms with Crippen molar-refractivity contribution >= 4 is 44.5 Å². The fourth-order valence-electron chi connectivity index (χ4n) is 9.76. The van der Waals surface area contributed by atoms with Crippen molar-refractivity contribution in [3.05, 3.63) is 142 Å². The molecule has 3 aliphatic rings. The highest BCUT2D eigenvalue weighted by molar-refractivity contribution is 6.07. The van der Waals surface area contributed by atoms with Crippen LogP contribution >= 0.6 is 0 Å². The summed E-state index contributed by atoms with van der Waals surface area (Å²) < 4.78 is 18.7. The zero-order chi connectivity index (χ0) is 44.2. The second-order valence-corrected chi connectivity index (χ2v) is 17.9. The number of ether oxygens (including phenoxy) is 3. The fourth-order valence-corrected chi connectivity index (χ4v) is 9.76. The van der Waals surface area contributed by atoms with Gasteiger partial charge in [-0.3, -0.25) is 4.79 Å². The molecule has 10 heteroatoms. The molecule has 330 valence electrons. The Morgan fingerprint density at radius 3 is 2.22 bits per heavy atom. The summed E-state index contributed by atoms with van der Waals surface area (Å²) in [6, 6.07) is 26.6. The number of rotatable bonds is 21. The third kappa shape index (κ3) is 10.7. The molecule has 0 bridgehead atoms. The van der Waals surface area contributed by atoms with E-state index in [-0.39, 0.29) is 16.7 Å². The summed E-state index contributed by atoms with van der Waals surface area (Å²) in [7, 11) is 2.21. The molecule has 2 heterocycles. The molecule has 0 aromatic heterocycles. The lowest BCUT2D eigenvalue weighted by molar-refractivity contribution is -0.401. The molecule has 1 N–H and O–H groups in total. The van der Waals surface area contributed by atoms with E-state index in [9.17, 15) is 4.79 Å². The predicted octanol–water partition coefficient (Wildman–Crippen LogP) is 11.3. The Kier molecular flexibility index (Phi) is 15.3. The molecule has 1 aliphatic carbocycles. The molecule has 0 fully saturated rings. The topological polar surface area (TPSA) is 112 Å². The van der Waals surface area contributed by atoms with Crippen molar-refractivity contribution in [1.29, 1.82) is 0 Å². The van der Waals surface area contributed by atoms with Crippen LogP contribution in [0.2, 0.25) is 0 Å². The van der Waals surface area contributed by atoms with Crippen LogP contribution in [-0.2, 0) is 29.8 Å². The quantitative estimate of drug-likeness (QED) is 0.0295. The van der Waals surface area contributed by atoms with Crippen LogP contribution in [0.25, 0.3) is 32.0 Å². The summed E-state index contributed by atoms with van der Waals surface area (Å²) >= 11 is 0. The summed E-state index contributed by atoms with van der Waals surface area (Å²) in [5.41, 5.74) is 18.8. The maximum absolute atomic E-state index is 12.6. The number of hydrogen-bond acceptors (Lipinski definition) is 6. The molecule has 1 amide bonds. The van der Waals surface area contributed by atoms with E-state index in [1.807, 2.05) is 0 Å². The van der Waals surface area contributed by atoms with E-state index in [0.29, 0.717) is 59.2 Å². The number of allylic oxidation sites excluding steroid dienone is 8. The Labute approximate surface area is 373 Å². The van der Waals surface area contributed by atoms with E-state index in [1.165, 1.54) is 66.6 Å². The molecule has 0 spiro atoms. The molecule has 0 saturated carbocycles. The largest absolute Gasteiger partial charge is 0.379 e. The summed E-state index contributed by atoms with van der Waals surface area (Å²) in [6.45, 7) is 13.8. The Morgan fingerprint density at radius 1 is 0.794 bits per heavy atom. The summed E-state index contributed by atoms with van der Waals surface area (Å²) in [5.74, 6) is 0.0603. The highest BCUT2D eigenvalue weighted by atomic mass is 16.5. The molecule has 4 aromatic carbocycles. The number of unbranched alkanes of at least 4 members (excludes halogenated alkanes) is 2. The van der Waals surface area contributed by atoms with Crippen molar-refractivity contribution in [2.24, 2.45) is 5.11 Å². The van der Waals surface area contributed by atoms with Gasteiger partial charge >= 0.3 is 0 Å². The lowest BCUT2D eigenvalue weighted by Crippen LogP contribution is -2.28. The van der Waals surface area contributed by atoms with Gasteiger partial charge in [0.1, 0.15) is 7.05 Å². The number of azide groups is 1. The number of nitrogens with zero attached hydrogens (tertiary/aromatic N) is 5. The van der Waals surface area contributed by atoms with E-state index < -0.39 is 0 Å². The van der Waals surface area contributed by atoms with Crippen LogP contribution in [0.4, 0.5) is 11.4 Å². The first-order chi connectivity index (χ1) is 30.6. The molecule has 0 unspecified atom stereocenters. The van der Waals surface area contributed by atoms with Gasteiger partial charge in [-0.25, -0.2) is 0 Å². The Hall–Kier alpha value is -5.51. The average Bonchev–Trinajstić information content (AvgIpc) is 3.63. The highest BCUT2D eigenvalue weighted by Crippen LogP contribution is 2.51. The van der Waals surface area contributed by atoms with E-state index in [0.717, 1.165) is 45.1 Å². The minimum Gasteiger partial charge on any atom is -0.379 e. The number of carbonyl (C=O) groups is 1. The van der Waals surface area contributed by atoms with Crippen molar-refractivity contribution in [3.8, 4) is 0 Å². The smallest absolute Gasteiger partial charge is 0.220 e. The van der Waals surface area contributed by atoms with Gasteiger partial charge in [0, 0.05) is 65.5 Å². The van der Waals surface area contributed by atoms with Crippen molar-refractivity contribution in [3.63, 3.8) is 0 Å². The number of benzene rings is 4. The molecule has 4 aromatic rings. The summed E-state index contributed by atoms with van der Waals surface area (Å²) in [5, 5.41) is 11.6. The van der Waals surface area contributed by atoms with Crippen molar-refractivity contribution in [1.82, 2.24) is 5.32 Å². The molecule has 0 atom stereocenters. The van der Waals surface area contributed by atoms with Crippen LogP contribution in [-0.4, -0.2) is 82.5 Å². The summed E-state index contributed by atoms with van der Waals surface area (Å²) in [4.78, 5) is 17.8. The molecular formula is C53H65N6O4+. The first kappa shape index (κ1) is 45.5. The lowest BCUT2D eigenvalue weighted by atomic mass is 9.79. The number of anilines is 1. The number of hydrogen-bond donors (Lipinski definition) is 1. The standard InChI is InChI=1S/C53H64N6O4/c1-52(2)47(58(5)45-25-23-41-16-8-10-18-43(41)50(45)52)27-21-39-14-13-15-40(38-39)22-28-48-53(3,4)51-44-19-11-9-17-42(44)24-26-46(51)59(48)31-12-6-7-20-49(60)55-29-32-61-34-36-63-37-35-62-33-30-56-57-54/h8-11,16-19,21-28,38H,6-7,12-15,20,29-37H2,1-5H3/p+1. The van der Waals surface area contributed by atoms with Gasteiger partial charge in [-0.15, -0.1) is 0 Å². The van der Waals surface area contributed by atoms with E-state index in [1.54, 1.807) is 0 Å². The van der Waals surface area contributed by atoms with Gasteiger partial charge in [-0.2, -0.15) is 4.58 Å². The van der Waals surface area contributed by atoms with Crippen molar-refractivity contribution in [2.75, 3.05) is 71.2 Å². The normalized spacial score (nSPS) is 17.8. The highest BCUT2D eigenvalue weighted by Gasteiger charge is 2.44. The maximum atomic E-state index is 12.6. The molecule has 63 heavy (non-hydrogen) atoms. The average molecular weight is 850 g/mol. The first-order valence-electron chi connectivity index (χ1n) is 22.8. The molecule has 0 radical (unpaired) electrons. The zero-order valence-corrected chi connectivity index (χ0v) is 38.0. The Bertz CT molecular complexity index is 2490. The molecule has 10 nitrogen and oxygen atoms in total. The number of fused-ring (bicyclic) bond motifs is 6. The maximum Gasteiger partial charge on any atom is 0.220 e. The SMILES string of the molecule is C[N+]1=C(/C=C/C2=CC(=C/C=C3/N(CCCCCC(=O)NCCOCCOCCOCCN=[N+]=[N-])c4ccc5ccccc5c4C3(C)C)/CCC2)C(C)(C)c2c1ccc1ccccc21. The number of nitrogens with one attached hydrogen (secondary N) is 1. The van der Waals surface area contributed by atoms with Crippen LogP contribution in [0, 0.1) is 0 Å². The van der Waals surface area contributed by atoms with Gasteiger partial charge in [0.05, 0.1) is 45.1 Å². The summed E-state index contributed by atoms with van der Waals surface area (Å²) in [6.07, 6.45) is 18.5. The molecule has 0 saturated heterocycles. The van der Waals surface area contributed by atoms with E-state index in [2.05, 4.69) is 163 Å². The van der Waals surface area contributed by atoms with E-state index >= 15 is 0 Å². The van der Waals surface area contributed by atoms with Crippen LogP contribution < -0.4 is 10.2 Å². The van der Waals surface area contributed by atoms with Gasteiger partial charge in [-0.1, -0.05) is 98.2 Å². The second kappa shape index (κ2) is 21.2. The third-order valence-corrected chi connectivity index (χ3v) is 12.9. The predicted molar refractivity (Wildman–Crippen MR) is 257 cm³/mol. The van der Waals surface area contributed by atoms with Gasteiger partial charge in [0.2, 0.25) is 11.6 Å². The van der Waals surface area contributed by atoms with Crippen LogP contribution in [0.3, 0.4) is 0 Å². The van der Waals surface area contributed by atoms with Crippen LogP contribution in [0.1, 0.15) is 83.8 Å². The lowest BCUT2D eigenvalue weighted by Gasteiger charge is -2.27. The molecule has 7 rings (SSSR count). The Morgan fingerprint density at radius 2 is 1.48 bits per heavy atom. The zero-order valence-electron chi connectivity index (χ0n) is 38.0. The van der Waals surface area contributed by atoms with Gasteiger partial charge in [0.15, 0.2) is 5.71 Å². The number of amides is 1. The van der Waals surface area contributed by atoms with Crippen LogP contribution in [0.15, 0.2) is 125 Å². The van der Waals surface area contributed by atoms with Crippen molar-refractivity contribution in [2.45, 2.75) is 83.5 Å². The van der Waals surface area contributed by atoms with E-state index in [4.69, 9.17) is 19.7 Å². The minimum absolute atomic E-state index is 0.0603. The minimum atomic E-state index is -0.180. The molecular weight excluding hydrogens is 785 g/mol. The van der Waals surface area contributed by atoms with Gasteiger partial charge in [0.25, 0.3) is 0 Å².